The van der Waals surface area contributed by atoms with Crippen molar-refractivity contribution in [2.75, 3.05) is 5.32 Å². The lowest BCUT2D eigenvalue weighted by Gasteiger charge is -2.12. The van der Waals surface area contributed by atoms with Gasteiger partial charge in [0.25, 0.3) is 0 Å². The Labute approximate surface area is 124 Å². The van der Waals surface area contributed by atoms with E-state index >= 15 is 0 Å². The highest BCUT2D eigenvalue weighted by molar-refractivity contribution is 6.30. The van der Waals surface area contributed by atoms with Gasteiger partial charge in [0.1, 0.15) is 22.5 Å². The van der Waals surface area contributed by atoms with Crippen LogP contribution in [-0.2, 0) is 0 Å². The second-order valence-corrected chi connectivity index (χ2v) is 5.21. The van der Waals surface area contributed by atoms with Gasteiger partial charge in [0.2, 0.25) is 0 Å². The summed E-state index contributed by atoms with van der Waals surface area (Å²) >= 11 is 6.06. The van der Waals surface area contributed by atoms with Gasteiger partial charge in [-0.05, 0) is 52.0 Å². The summed E-state index contributed by atoms with van der Waals surface area (Å²) in [7, 11) is 0. The van der Waals surface area contributed by atoms with Crippen molar-refractivity contribution in [2.24, 2.45) is 0 Å². The third-order valence-corrected chi connectivity index (χ3v) is 3.06. The lowest BCUT2D eigenvalue weighted by molar-refractivity contribution is 0.242. The number of nitrogens with zero attached hydrogens (tertiary/aromatic N) is 2. The molecule has 1 heterocycles. The van der Waals surface area contributed by atoms with Gasteiger partial charge >= 0.3 is 0 Å². The van der Waals surface area contributed by atoms with E-state index in [4.69, 9.17) is 16.3 Å². The average molecular weight is 292 g/mol. The van der Waals surface area contributed by atoms with Gasteiger partial charge in [0.05, 0.1) is 6.10 Å². The number of aromatic nitrogens is 2. The maximum absolute atomic E-state index is 6.06. The van der Waals surface area contributed by atoms with E-state index in [1.165, 1.54) is 0 Å². The predicted octanol–water partition coefficient (Wildman–Crippen LogP) is 4.28. The van der Waals surface area contributed by atoms with Crippen LogP contribution in [0.4, 0.5) is 11.5 Å². The van der Waals surface area contributed by atoms with E-state index in [0.717, 1.165) is 22.8 Å². The molecule has 20 heavy (non-hydrogen) atoms. The van der Waals surface area contributed by atoms with Crippen LogP contribution < -0.4 is 10.1 Å². The summed E-state index contributed by atoms with van der Waals surface area (Å²) in [5.41, 5.74) is 1.76. The van der Waals surface area contributed by atoms with Crippen molar-refractivity contribution in [3.63, 3.8) is 0 Å². The molecule has 0 aliphatic heterocycles. The van der Waals surface area contributed by atoms with Crippen LogP contribution in [0.2, 0.25) is 5.15 Å². The largest absolute Gasteiger partial charge is 0.491 e. The van der Waals surface area contributed by atoms with Gasteiger partial charge in [-0.25, -0.2) is 9.97 Å². The van der Waals surface area contributed by atoms with Gasteiger partial charge in [-0.2, -0.15) is 0 Å². The normalized spacial score (nSPS) is 10.7. The minimum atomic E-state index is 0.166. The first-order valence-corrected chi connectivity index (χ1v) is 6.88. The average Bonchev–Trinajstić information content (AvgIpc) is 2.37. The van der Waals surface area contributed by atoms with Gasteiger partial charge in [-0.15, -0.1) is 0 Å². The van der Waals surface area contributed by atoms with Crippen molar-refractivity contribution in [2.45, 2.75) is 33.8 Å². The standard InChI is InChI=1S/C15H18ClN3O/c1-9(2)20-13-7-5-12(6-8-13)19-15-10(3)14(16)17-11(4)18-15/h5-9H,1-4H3,(H,17,18,19). The van der Waals surface area contributed by atoms with Gasteiger partial charge < -0.3 is 10.1 Å². The molecule has 0 unspecified atom stereocenters. The van der Waals surface area contributed by atoms with Crippen LogP contribution >= 0.6 is 11.6 Å². The maximum atomic E-state index is 6.06. The monoisotopic (exact) mass is 291 g/mol. The van der Waals surface area contributed by atoms with E-state index in [2.05, 4.69) is 15.3 Å². The lowest BCUT2D eigenvalue weighted by Crippen LogP contribution is -2.05. The summed E-state index contributed by atoms with van der Waals surface area (Å²) < 4.78 is 5.61. The Bertz CT molecular complexity index is 597. The summed E-state index contributed by atoms with van der Waals surface area (Å²) in [6, 6.07) is 7.74. The highest BCUT2D eigenvalue weighted by Gasteiger charge is 2.07. The topological polar surface area (TPSA) is 47.0 Å². The highest BCUT2D eigenvalue weighted by atomic mass is 35.5. The number of rotatable bonds is 4. The SMILES string of the molecule is Cc1nc(Cl)c(C)c(Nc2ccc(OC(C)C)cc2)n1. The minimum absolute atomic E-state index is 0.166. The fourth-order valence-corrected chi connectivity index (χ4v) is 1.95. The fraction of sp³-hybridized carbons (Fsp3) is 0.333. The molecule has 0 spiro atoms. The quantitative estimate of drug-likeness (QED) is 0.854. The van der Waals surface area contributed by atoms with Crippen LogP contribution in [0.1, 0.15) is 25.2 Å². The summed E-state index contributed by atoms with van der Waals surface area (Å²) in [5.74, 6) is 2.21. The smallest absolute Gasteiger partial charge is 0.138 e. The zero-order chi connectivity index (χ0) is 14.7. The van der Waals surface area contributed by atoms with Crippen molar-refractivity contribution in [1.29, 1.82) is 0 Å². The first-order chi connectivity index (χ1) is 9.45. The van der Waals surface area contributed by atoms with Crippen LogP contribution in [0.15, 0.2) is 24.3 Å². The van der Waals surface area contributed by atoms with Crippen molar-refractivity contribution < 1.29 is 4.74 Å². The van der Waals surface area contributed by atoms with Gasteiger partial charge in [-0.3, -0.25) is 0 Å². The van der Waals surface area contributed by atoms with E-state index in [1.54, 1.807) is 0 Å². The molecule has 2 aromatic rings. The molecule has 1 aromatic carbocycles. The Balaban J connectivity index is 2.18. The van der Waals surface area contributed by atoms with E-state index in [-0.39, 0.29) is 6.10 Å². The molecule has 4 nitrogen and oxygen atoms in total. The molecule has 0 saturated carbocycles. The molecule has 0 bridgehead atoms. The van der Waals surface area contributed by atoms with Crippen LogP contribution in [-0.4, -0.2) is 16.1 Å². The molecule has 1 aromatic heterocycles. The van der Waals surface area contributed by atoms with Crippen LogP contribution in [0.25, 0.3) is 0 Å². The van der Waals surface area contributed by atoms with E-state index in [9.17, 15) is 0 Å². The Morgan fingerprint density at radius 3 is 2.35 bits per heavy atom. The molecular formula is C15H18ClN3O. The van der Waals surface area contributed by atoms with Crippen LogP contribution in [0.3, 0.4) is 0 Å². The first-order valence-electron chi connectivity index (χ1n) is 6.50. The number of hydrogen-bond donors (Lipinski definition) is 1. The molecule has 106 valence electrons. The molecule has 0 radical (unpaired) electrons. The van der Waals surface area contributed by atoms with Crippen molar-refractivity contribution in [1.82, 2.24) is 9.97 Å². The summed E-state index contributed by atoms with van der Waals surface area (Å²) in [6.07, 6.45) is 0.166. The molecule has 2 rings (SSSR count). The molecule has 0 saturated heterocycles. The van der Waals surface area contributed by atoms with E-state index in [0.29, 0.717) is 11.0 Å². The van der Waals surface area contributed by atoms with Crippen molar-refractivity contribution >= 4 is 23.1 Å². The third kappa shape index (κ3) is 3.61. The Hall–Kier alpha value is -1.81. The zero-order valence-corrected chi connectivity index (χ0v) is 12.8. The second-order valence-electron chi connectivity index (χ2n) is 4.85. The molecule has 5 heteroatoms. The van der Waals surface area contributed by atoms with Crippen molar-refractivity contribution in [3.05, 3.63) is 40.8 Å². The first kappa shape index (κ1) is 14.6. The predicted molar refractivity (Wildman–Crippen MR) is 82.0 cm³/mol. The highest BCUT2D eigenvalue weighted by Crippen LogP contribution is 2.24. The molecular weight excluding hydrogens is 274 g/mol. The number of anilines is 2. The fourth-order valence-electron chi connectivity index (χ4n) is 1.74. The van der Waals surface area contributed by atoms with Crippen LogP contribution in [0, 0.1) is 13.8 Å². The number of hydrogen-bond acceptors (Lipinski definition) is 4. The number of benzene rings is 1. The van der Waals surface area contributed by atoms with Gasteiger partial charge in [0.15, 0.2) is 0 Å². The number of nitrogens with one attached hydrogen (secondary N) is 1. The molecule has 0 atom stereocenters. The van der Waals surface area contributed by atoms with Crippen LogP contribution in [0.5, 0.6) is 5.75 Å². The number of aryl methyl sites for hydroxylation is 1. The van der Waals surface area contributed by atoms with Gasteiger partial charge in [0, 0.05) is 11.3 Å². The number of ether oxygens (including phenoxy) is 1. The van der Waals surface area contributed by atoms with E-state index < -0.39 is 0 Å². The molecule has 0 aliphatic carbocycles. The van der Waals surface area contributed by atoms with Crippen molar-refractivity contribution in [3.8, 4) is 5.75 Å². The Morgan fingerprint density at radius 1 is 1.10 bits per heavy atom. The lowest BCUT2D eigenvalue weighted by atomic mass is 10.2. The number of halogens is 1. The molecule has 0 fully saturated rings. The third-order valence-electron chi connectivity index (χ3n) is 2.69. The summed E-state index contributed by atoms with van der Waals surface area (Å²) in [5, 5.41) is 3.72. The molecule has 1 N–H and O–H groups in total. The zero-order valence-electron chi connectivity index (χ0n) is 12.1. The summed E-state index contributed by atoms with van der Waals surface area (Å²) in [4.78, 5) is 8.48. The molecule has 0 amide bonds. The second kappa shape index (κ2) is 6.09. The Kier molecular flexibility index (Phi) is 4.45. The Morgan fingerprint density at radius 2 is 1.75 bits per heavy atom. The van der Waals surface area contributed by atoms with Gasteiger partial charge in [-0.1, -0.05) is 11.6 Å². The molecule has 0 aliphatic rings. The minimum Gasteiger partial charge on any atom is -0.491 e. The summed E-state index contributed by atoms with van der Waals surface area (Å²) in [6.45, 7) is 7.71. The maximum Gasteiger partial charge on any atom is 0.138 e. The van der Waals surface area contributed by atoms with E-state index in [1.807, 2.05) is 52.0 Å².